The molecule has 1 N–H and O–H groups in total. The van der Waals surface area contributed by atoms with Crippen LogP contribution >= 0.6 is 11.6 Å². The first-order valence-corrected chi connectivity index (χ1v) is 8.35. The van der Waals surface area contributed by atoms with Gasteiger partial charge < -0.3 is 9.84 Å². The quantitative estimate of drug-likeness (QED) is 0.729. The van der Waals surface area contributed by atoms with E-state index in [1.807, 2.05) is 6.92 Å². The zero-order valence-corrected chi connectivity index (χ0v) is 14.9. The molecule has 0 saturated heterocycles. The fraction of sp³-hybridized carbons (Fsp3) is 0.150. The second-order valence-electron chi connectivity index (χ2n) is 5.85. The smallest absolute Gasteiger partial charge is 0.263 e. The highest BCUT2D eigenvalue weighted by Gasteiger charge is 2.15. The van der Waals surface area contributed by atoms with Crippen molar-refractivity contribution < 1.29 is 14.2 Å². The number of aliphatic hydroxyl groups excluding tert-OH is 1. The van der Waals surface area contributed by atoms with Gasteiger partial charge in [0, 0.05) is 11.8 Å². The van der Waals surface area contributed by atoms with Crippen molar-refractivity contribution in [3.63, 3.8) is 0 Å². The standard InChI is InChI=1S/C20H17ClFNO3/c1-12(2)16-11-23(20(25)15-10-13(22)6-7-14(15)16)17-4-3-5-18(19(17)21)26-9-8-24/h3-7,10-11,24H,1,8-9H2,2H3. The highest BCUT2D eigenvalue weighted by molar-refractivity contribution is 6.33. The molecule has 0 aliphatic carbocycles. The topological polar surface area (TPSA) is 51.5 Å². The van der Waals surface area contributed by atoms with Crippen LogP contribution in [0.2, 0.25) is 5.02 Å². The number of nitrogens with zero attached hydrogens (tertiary/aromatic N) is 1. The Kier molecular flexibility index (Phi) is 5.11. The summed E-state index contributed by atoms with van der Waals surface area (Å²) in [6.45, 7) is 5.69. The molecule has 6 heteroatoms. The molecule has 0 amide bonds. The number of rotatable bonds is 5. The van der Waals surface area contributed by atoms with Crippen molar-refractivity contribution in [3.05, 3.63) is 75.9 Å². The molecule has 0 atom stereocenters. The summed E-state index contributed by atoms with van der Waals surface area (Å²) in [5.41, 5.74) is 1.46. The van der Waals surface area contributed by atoms with E-state index in [0.29, 0.717) is 16.8 Å². The lowest BCUT2D eigenvalue weighted by Crippen LogP contribution is -2.19. The lowest BCUT2D eigenvalue weighted by atomic mass is 10.0. The summed E-state index contributed by atoms with van der Waals surface area (Å²) < 4.78 is 20.5. The van der Waals surface area contributed by atoms with Crippen molar-refractivity contribution in [1.82, 2.24) is 4.57 Å². The van der Waals surface area contributed by atoms with Gasteiger partial charge in [0.15, 0.2) is 0 Å². The number of halogens is 2. The molecule has 0 aliphatic heterocycles. The summed E-state index contributed by atoms with van der Waals surface area (Å²) in [5.74, 6) is -0.146. The normalized spacial score (nSPS) is 10.9. The minimum absolute atomic E-state index is 0.0814. The van der Waals surface area contributed by atoms with E-state index >= 15 is 0 Å². The van der Waals surface area contributed by atoms with E-state index in [9.17, 15) is 9.18 Å². The Balaban J connectivity index is 2.31. The fourth-order valence-electron chi connectivity index (χ4n) is 2.79. The maximum absolute atomic E-state index is 13.7. The lowest BCUT2D eigenvalue weighted by molar-refractivity contribution is 0.201. The van der Waals surface area contributed by atoms with Crippen LogP contribution in [0, 0.1) is 5.82 Å². The van der Waals surface area contributed by atoms with Gasteiger partial charge in [-0.05, 0) is 42.1 Å². The van der Waals surface area contributed by atoms with Gasteiger partial charge in [0.1, 0.15) is 23.2 Å². The van der Waals surface area contributed by atoms with Crippen molar-refractivity contribution in [2.75, 3.05) is 13.2 Å². The average Bonchev–Trinajstić information content (AvgIpc) is 2.62. The molecule has 0 radical (unpaired) electrons. The van der Waals surface area contributed by atoms with E-state index in [4.69, 9.17) is 21.4 Å². The summed E-state index contributed by atoms with van der Waals surface area (Å²) in [5, 5.41) is 10.0. The third-order valence-corrected chi connectivity index (χ3v) is 4.37. The van der Waals surface area contributed by atoms with Crippen molar-refractivity contribution >= 4 is 27.9 Å². The first-order valence-electron chi connectivity index (χ1n) is 7.97. The number of hydrogen-bond acceptors (Lipinski definition) is 3. The van der Waals surface area contributed by atoms with E-state index in [0.717, 1.165) is 11.1 Å². The van der Waals surface area contributed by atoms with E-state index in [1.54, 1.807) is 30.5 Å². The summed E-state index contributed by atoms with van der Waals surface area (Å²) in [6.07, 6.45) is 1.64. The van der Waals surface area contributed by atoms with E-state index in [2.05, 4.69) is 6.58 Å². The number of aromatic nitrogens is 1. The van der Waals surface area contributed by atoms with Gasteiger partial charge in [0.25, 0.3) is 5.56 Å². The van der Waals surface area contributed by atoms with Crippen molar-refractivity contribution in [1.29, 1.82) is 0 Å². The highest BCUT2D eigenvalue weighted by atomic mass is 35.5. The minimum Gasteiger partial charge on any atom is -0.490 e. The first-order chi connectivity index (χ1) is 12.4. The number of allylic oxidation sites excluding steroid dienone is 1. The van der Waals surface area contributed by atoms with Crippen LogP contribution in [-0.4, -0.2) is 22.9 Å². The molecule has 26 heavy (non-hydrogen) atoms. The van der Waals surface area contributed by atoms with Crippen LogP contribution < -0.4 is 10.3 Å². The Labute approximate surface area is 154 Å². The molecule has 0 aliphatic rings. The van der Waals surface area contributed by atoms with Gasteiger partial charge in [-0.1, -0.05) is 30.3 Å². The van der Waals surface area contributed by atoms with Gasteiger partial charge in [-0.2, -0.15) is 0 Å². The lowest BCUT2D eigenvalue weighted by Gasteiger charge is -2.15. The van der Waals surface area contributed by atoms with E-state index in [1.165, 1.54) is 16.7 Å². The maximum atomic E-state index is 13.7. The maximum Gasteiger partial charge on any atom is 0.263 e. The van der Waals surface area contributed by atoms with Crippen LogP contribution in [0.1, 0.15) is 12.5 Å². The van der Waals surface area contributed by atoms with Crippen LogP contribution in [0.25, 0.3) is 22.0 Å². The molecule has 3 rings (SSSR count). The molecule has 0 bridgehead atoms. The number of hydrogen-bond donors (Lipinski definition) is 1. The number of ether oxygens (including phenoxy) is 1. The zero-order valence-electron chi connectivity index (χ0n) is 14.1. The molecule has 1 aromatic heterocycles. The number of aliphatic hydroxyl groups is 1. The number of pyridine rings is 1. The Morgan fingerprint density at radius 3 is 2.77 bits per heavy atom. The minimum atomic E-state index is -0.494. The molecule has 134 valence electrons. The van der Waals surface area contributed by atoms with Crippen molar-refractivity contribution in [2.45, 2.75) is 6.92 Å². The van der Waals surface area contributed by atoms with Gasteiger partial charge in [-0.3, -0.25) is 9.36 Å². The first kappa shape index (κ1) is 18.2. The van der Waals surface area contributed by atoms with Gasteiger partial charge in [0.2, 0.25) is 0 Å². The van der Waals surface area contributed by atoms with Crippen LogP contribution in [0.15, 0.2) is 54.0 Å². The van der Waals surface area contributed by atoms with Gasteiger partial charge >= 0.3 is 0 Å². The second-order valence-corrected chi connectivity index (χ2v) is 6.23. The Bertz CT molecular complexity index is 1060. The van der Waals surface area contributed by atoms with Gasteiger partial charge in [0.05, 0.1) is 17.7 Å². The Morgan fingerprint density at radius 1 is 1.31 bits per heavy atom. The molecular weight excluding hydrogens is 357 g/mol. The number of fused-ring (bicyclic) bond motifs is 1. The highest BCUT2D eigenvalue weighted by Crippen LogP contribution is 2.32. The molecular formula is C20H17ClFNO3. The average molecular weight is 374 g/mol. The number of benzene rings is 2. The largest absolute Gasteiger partial charge is 0.490 e. The third kappa shape index (κ3) is 3.23. The van der Waals surface area contributed by atoms with Crippen molar-refractivity contribution in [3.8, 4) is 11.4 Å². The molecule has 1 heterocycles. The van der Waals surface area contributed by atoms with Crippen molar-refractivity contribution in [2.24, 2.45) is 0 Å². The summed E-state index contributed by atoms with van der Waals surface area (Å²) in [7, 11) is 0. The Morgan fingerprint density at radius 2 is 2.08 bits per heavy atom. The summed E-state index contributed by atoms with van der Waals surface area (Å²) in [4.78, 5) is 13.0. The molecule has 0 saturated carbocycles. The third-order valence-electron chi connectivity index (χ3n) is 3.99. The summed E-state index contributed by atoms with van der Waals surface area (Å²) in [6, 6.07) is 9.10. The molecule has 2 aromatic carbocycles. The molecule has 0 spiro atoms. The Hall–Kier alpha value is -2.63. The SMILES string of the molecule is C=C(C)c1cn(-c2cccc(OCCO)c2Cl)c(=O)c2cc(F)ccc12. The van der Waals surface area contributed by atoms with Crippen LogP contribution in [0.4, 0.5) is 4.39 Å². The van der Waals surface area contributed by atoms with Gasteiger partial charge in [-0.15, -0.1) is 0 Å². The van der Waals surface area contributed by atoms with Gasteiger partial charge in [-0.25, -0.2) is 4.39 Å². The monoisotopic (exact) mass is 373 g/mol. The molecule has 0 fully saturated rings. The van der Waals surface area contributed by atoms with Crippen LogP contribution in [0.5, 0.6) is 5.75 Å². The summed E-state index contributed by atoms with van der Waals surface area (Å²) >= 11 is 6.40. The molecule has 4 nitrogen and oxygen atoms in total. The van der Waals surface area contributed by atoms with E-state index < -0.39 is 11.4 Å². The van der Waals surface area contributed by atoms with E-state index in [-0.39, 0.29) is 23.6 Å². The van der Waals surface area contributed by atoms with Crippen LogP contribution in [0.3, 0.4) is 0 Å². The predicted octanol–water partition coefficient (Wildman–Crippen LogP) is 4.19. The second kappa shape index (κ2) is 7.32. The molecule has 3 aromatic rings. The fourth-order valence-corrected chi connectivity index (χ4v) is 3.06. The molecule has 0 unspecified atom stereocenters. The van der Waals surface area contributed by atoms with Crippen LogP contribution in [-0.2, 0) is 0 Å². The zero-order chi connectivity index (χ0) is 18.8. The predicted molar refractivity (Wildman–Crippen MR) is 102 cm³/mol.